The summed E-state index contributed by atoms with van der Waals surface area (Å²) in [6.45, 7) is 11.3. The Morgan fingerprint density at radius 1 is 0.963 bits per heavy atom. The Labute approximate surface area is 162 Å². The average Bonchev–Trinajstić information content (AvgIpc) is 2.72. The fourth-order valence-electron chi connectivity index (χ4n) is 3.29. The highest BCUT2D eigenvalue weighted by atomic mass is 16.6. The Morgan fingerprint density at radius 2 is 1.41 bits per heavy atom. The fourth-order valence-corrected chi connectivity index (χ4v) is 3.29. The van der Waals surface area contributed by atoms with Gasteiger partial charge in [-0.2, -0.15) is 0 Å². The summed E-state index contributed by atoms with van der Waals surface area (Å²) in [7, 11) is 0. The summed E-state index contributed by atoms with van der Waals surface area (Å²) in [5.74, 6) is -0.437. The third-order valence-electron chi connectivity index (χ3n) is 5.38. The molecule has 2 unspecified atom stereocenters. The van der Waals surface area contributed by atoms with Gasteiger partial charge in [0.1, 0.15) is 6.10 Å². The minimum atomic E-state index is -1.82. The van der Waals surface area contributed by atoms with Gasteiger partial charge in [-0.15, -0.1) is 0 Å². The summed E-state index contributed by atoms with van der Waals surface area (Å²) in [6.07, 6.45) is -0.287. The number of quaternary nitrogens is 1. The third-order valence-corrected chi connectivity index (χ3v) is 5.38. The molecule has 146 valence electrons. The van der Waals surface area contributed by atoms with Crippen LogP contribution < -0.4 is 4.90 Å². The van der Waals surface area contributed by atoms with Gasteiger partial charge in [-0.05, 0) is 31.9 Å². The molecule has 27 heavy (non-hydrogen) atoms. The molecule has 4 heteroatoms. The molecule has 2 atom stereocenters. The smallest absolute Gasteiger partial charge is 0.347 e. The van der Waals surface area contributed by atoms with Crippen LogP contribution in [0, 0.1) is 5.92 Å². The van der Waals surface area contributed by atoms with E-state index < -0.39 is 11.6 Å². The van der Waals surface area contributed by atoms with Crippen molar-refractivity contribution < 1.29 is 19.5 Å². The molecular formula is C23H32NO3+. The predicted molar refractivity (Wildman–Crippen MR) is 108 cm³/mol. The van der Waals surface area contributed by atoms with Gasteiger partial charge in [-0.3, -0.25) is 0 Å². The number of carbonyl (C=O) groups excluding carboxylic acids is 1. The second kappa shape index (κ2) is 9.67. The Morgan fingerprint density at radius 3 is 1.81 bits per heavy atom. The fraction of sp³-hybridized carbons (Fsp3) is 0.435. The van der Waals surface area contributed by atoms with Gasteiger partial charge in [-0.1, -0.05) is 67.6 Å². The number of aliphatic hydroxyl groups is 1. The summed E-state index contributed by atoms with van der Waals surface area (Å²) in [5, 5.41) is 11.4. The lowest BCUT2D eigenvalue weighted by Gasteiger charge is -2.31. The molecule has 0 aliphatic heterocycles. The summed E-state index contributed by atoms with van der Waals surface area (Å²) >= 11 is 0. The van der Waals surface area contributed by atoms with E-state index >= 15 is 0 Å². The van der Waals surface area contributed by atoms with E-state index in [-0.39, 0.29) is 12.0 Å². The van der Waals surface area contributed by atoms with Crippen molar-refractivity contribution in [3.05, 3.63) is 71.8 Å². The Hall–Kier alpha value is -2.17. The van der Waals surface area contributed by atoms with Gasteiger partial charge in [-0.25, -0.2) is 4.79 Å². The highest BCUT2D eigenvalue weighted by Crippen LogP contribution is 2.31. The molecule has 0 radical (unpaired) electrons. The van der Waals surface area contributed by atoms with Crippen LogP contribution in [-0.2, 0) is 15.1 Å². The van der Waals surface area contributed by atoms with Gasteiger partial charge in [0, 0.05) is 5.92 Å². The molecule has 0 fully saturated rings. The monoisotopic (exact) mass is 370 g/mol. The summed E-state index contributed by atoms with van der Waals surface area (Å²) < 4.78 is 5.77. The lowest BCUT2D eigenvalue weighted by molar-refractivity contribution is -0.900. The van der Waals surface area contributed by atoms with E-state index in [9.17, 15) is 9.90 Å². The predicted octanol–water partition coefficient (Wildman–Crippen LogP) is 2.42. The van der Waals surface area contributed by atoms with Crippen LogP contribution in [0.4, 0.5) is 0 Å². The van der Waals surface area contributed by atoms with Crippen LogP contribution in [0.2, 0.25) is 0 Å². The molecule has 2 rings (SSSR count). The average molecular weight is 371 g/mol. The SMILES string of the molecule is CC[NH+](CC)CC(C)C(C)OC(=O)C(O)(c1ccccc1)c1ccccc1. The van der Waals surface area contributed by atoms with Crippen molar-refractivity contribution >= 4 is 5.97 Å². The molecule has 0 saturated heterocycles. The molecule has 0 heterocycles. The Bertz CT molecular complexity index is 659. The first-order valence-electron chi connectivity index (χ1n) is 9.81. The van der Waals surface area contributed by atoms with E-state index in [0.717, 1.165) is 19.6 Å². The number of benzene rings is 2. The summed E-state index contributed by atoms with van der Waals surface area (Å²) in [4.78, 5) is 14.6. The molecule has 2 aromatic rings. The van der Waals surface area contributed by atoms with E-state index in [2.05, 4.69) is 20.8 Å². The zero-order valence-corrected chi connectivity index (χ0v) is 16.8. The molecule has 0 bridgehead atoms. The second-order valence-corrected chi connectivity index (χ2v) is 7.19. The lowest BCUT2D eigenvalue weighted by Crippen LogP contribution is -3.12. The van der Waals surface area contributed by atoms with Gasteiger partial charge in [0.05, 0.1) is 19.6 Å². The molecule has 0 amide bonds. The summed E-state index contributed by atoms with van der Waals surface area (Å²) in [6, 6.07) is 18.0. The number of nitrogens with one attached hydrogen (secondary N) is 1. The van der Waals surface area contributed by atoms with E-state index in [1.165, 1.54) is 4.90 Å². The molecule has 4 nitrogen and oxygen atoms in total. The number of rotatable bonds is 9. The quantitative estimate of drug-likeness (QED) is 0.667. The van der Waals surface area contributed by atoms with Crippen molar-refractivity contribution in [2.24, 2.45) is 5.92 Å². The van der Waals surface area contributed by atoms with Crippen molar-refractivity contribution in [3.8, 4) is 0 Å². The normalized spacial score (nSPS) is 14.0. The number of carbonyl (C=O) groups is 1. The van der Waals surface area contributed by atoms with E-state index in [1.807, 2.05) is 43.3 Å². The Kier molecular flexibility index (Phi) is 7.57. The molecular weight excluding hydrogens is 338 g/mol. The number of esters is 1. The van der Waals surface area contributed by atoms with Crippen molar-refractivity contribution in [2.45, 2.75) is 39.4 Å². The van der Waals surface area contributed by atoms with Gasteiger partial charge < -0.3 is 14.7 Å². The maximum absolute atomic E-state index is 13.1. The van der Waals surface area contributed by atoms with Crippen LogP contribution in [0.15, 0.2) is 60.7 Å². The first kappa shape index (κ1) is 21.1. The highest BCUT2D eigenvalue weighted by Gasteiger charge is 2.42. The van der Waals surface area contributed by atoms with Crippen LogP contribution in [0.3, 0.4) is 0 Å². The minimum absolute atomic E-state index is 0.194. The zero-order chi connectivity index (χ0) is 19.9. The van der Waals surface area contributed by atoms with Crippen LogP contribution >= 0.6 is 0 Å². The van der Waals surface area contributed by atoms with Crippen LogP contribution in [0.5, 0.6) is 0 Å². The molecule has 0 aromatic heterocycles. The molecule has 0 aliphatic carbocycles. The zero-order valence-electron chi connectivity index (χ0n) is 16.8. The van der Waals surface area contributed by atoms with Crippen LogP contribution in [0.1, 0.15) is 38.8 Å². The van der Waals surface area contributed by atoms with E-state index in [0.29, 0.717) is 11.1 Å². The lowest BCUT2D eigenvalue weighted by atomic mass is 9.86. The van der Waals surface area contributed by atoms with Crippen molar-refractivity contribution in [1.82, 2.24) is 0 Å². The number of ether oxygens (including phenoxy) is 1. The first-order valence-corrected chi connectivity index (χ1v) is 9.81. The van der Waals surface area contributed by atoms with Gasteiger partial charge in [0.15, 0.2) is 0 Å². The van der Waals surface area contributed by atoms with Crippen molar-refractivity contribution in [3.63, 3.8) is 0 Å². The first-order chi connectivity index (χ1) is 12.9. The second-order valence-electron chi connectivity index (χ2n) is 7.19. The number of hydrogen-bond donors (Lipinski definition) is 2. The summed E-state index contributed by atoms with van der Waals surface area (Å²) in [5.41, 5.74) is -0.802. The molecule has 2 N–H and O–H groups in total. The van der Waals surface area contributed by atoms with Gasteiger partial charge in [0.25, 0.3) is 0 Å². The van der Waals surface area contributed by atoms with Crippen molar-refractivity contribution in [2.75, 3.05) is 19.6 Å². The molecule has 0 aliphatic rings. The molecule has 2 aromatic carbocycles. The largest absolute Gasteiger partial charge is 0.459 e. The minimum Gasteiger partial charge on any atom is -0.459 e. The van der Waals surface area contributed by atoms with Gasteiger partial charge in [0.2, 0.25) is 5.60 Å². The molecule has 0 saturated carbocycles. The molecule has 0 spiro atoms. The highest BCUT2D eigenvalue weighted by molar-refractivity contribution is 5.85. The van der Waals surface area contributed by atoms with Crippen molar-refractivity contribution in [1.29, 1.82) is 0 Å². The van der Waals surface area contributed by atoms with E-state index in [4.69, 9.17) is 4.74 Å². The topological polar surface area (TPSA) is 51.0 Å². The standard InChI is InChI=1S/C23H31NO3/c1-5-24(6-2)17-18(3)19(4)27-22(25)23(26,20-13-9-7-10-14-20)21-15-11-8-12-16-21/h7-16,18-19,26H,5-6,17H2,1-4H3/p+1. The maximum atomic E-state index is 13.1. The Balaban J connectivity index is 2.25. The number of hydrogen-bond acceptors (Lipinski definition) is 3. The van der Waals surface area contributed by atoms with E-state index in [1.54, 1.807) is 24.3 Å². The van der Waals surface area contributed by atoms with Crippen LogP contribution in [0.25, 0.3) is 0 Å². The third kappa shape index (κ3) is 4.96. The van der Waals surface area contributed by atoms with Gasteiger partial charge >= 0.3 is 5.97 Å². The van der Waals surface area contributed by atoms with Crippen LogP contribution in [-0.4, -0.2) is 36.8 Å². The maximum Gasteiger partial charge on any atom is 0.347 e.